The van der Waals surface area contributed by atoms with Crippen molar-refractivity contribution in [2.24, 2.45) is 35.3 Å². The van der Waals surface area contributed by atoms with Gasteiger partial charge in [-0.1, -0.05) is 129 Å². The molecule has 0 unspecified atom stereocenters. The topological polar surface area (TPSA) is 297 Å². The molecule has 0 radical (unpaired) electrons. The smallest absolute Gasteiger partial charge is 0.312 e. The zero-order chi connectivity index (χ0) is 70.2. The number of likely N-dealkylation sites (tertiary alicyclic amines) is 1. The molecule has 524 valence electrons. The molecule has 1 fully saturated rings. The van der Waals surface area contributed by atoms with Crippen LogP contribution >= 0.6 is 11.6 Å². The Hall–Kier alpha value is -7.60. The number of amides is 10. The maximum atomic E-state index is 14.6. The van der Waals surface area contributed by atoms with E-state index in [9.17, 15) is 43.2 Å². The monoisotopic (exact) mass is 1340 g/mol. The molecule has 24 heteroatoms. The highest BCUT2D eigenvalue weighted by Gasteiger charge is 2.44. The number of likely N-dealkylation sites (N-methyl/N-ethyl adjacent to an activating group) is 2. The number of aromatic nitrogens is 1. The van der Waals surface area contributed by atoms with Crippen molar-refractivity contribution < 1.29 is 52.6 Å². The predicted molar refractivity (Wildman–Crippen MR) is 371 cm³/mol. The Bertz CT molecular complexity index is 3150. The van der Waals surface area contributed by atoms with Gasteiger partial charge in [0.25, 0.3) is 0 Å². The average Bonchev–Trinajstić information content (AvgIpc) is 1.80. The Kier molecular flexibility index (Phi) is 31.4. The van der Waals surface area contributed by atoms with Crippen LogP contribution in [0.3, 0.4) is 0 Å². The first-order valence-electron chi connectivity index (χ1n) is 33.6. The van der Waals surface area contributed by atoms with Gasteiger partial charge in [0.2, 0.25) is 47.3 Å². The van der Waals surface area contributed by atoms with Crippen molar-refractivity contribution in [3.05, 3.63) is 101 Å². The third-order valence-corrected chi connectivity index (χ3v) is 18.6. The van der Waals surface area contributed by atoms with Gasteiger partial charge in [-0.3, -0.25) is 43.3 Å². The van der Waals surface area contributed by atoms with Gasteiger partial charge in [-0.2, -0.15) is 0 Å². The number of unbranched alkanes of at least 4 members (excludes halogenated alkanes) is 1. The number of anilines is 1. The molecule has 4 aromatic rings. The number of nitrogens with one attached hydrogen (secondary N) is 7. The van der Waals surface area contributed by atoms with Gasteiger partial charge in [0.1, 0.15) is 24.2 Å². The summed E-state index contributed by atoms with van der Waals surface area (Å²) in [6.45, 7) is 18.4. The van der Waals surface area contributed by atoms with E-state index in [2.05, 4.69) is 37.2 Å². The molecular weight excluding hydrogens is 1230 g/mol. The Morgan fingerprint density at radius 2 is 1.36 bits per heavy atom. The molecule has 0 aliphatic carbocycles. The normalized spacial score (nSPS) is 16.4. The van der Waals surface area contributed by atoms with Crippen molar-refractivity contribution in [1.82, 2.24) is 51.2 Å². The summed E-state index contributed by atoms with van der Waals surface area (Å²) in [5.41, 5.74) is 8.12. The fourth-order valence-corrected chi connectivity index (χ4v) is 13.0. The molecule has 95 heavy (non-hydrogen) atoms. The number of rotatable bonds is 38. The van der Waals surface area contributed by atoms with Crippen molar-refractivity contribution in [2.75, 3.05) is 53.8 Å². The first kappa shape index (κ1) is 78.1. The van der Waals surface area contributed by atoms with Crippen LogP contribution in [0.15, 0.2) is 85.1 Å². The largest absolute Gasteiger partial charge is 0.379 e. The highest BCUT2D eigenvalue weighted by molar-refractivity contribution is 6.35. The zero-order valence-corrected chi connectivity index (χ0v) is 59.1. The molecule has 3 aromatic carbocycles. The molecule has 0 saturated carbocycles. The predicted octanol–water partition coefficient (Wildman–Crippen LogP) is 7.17. The minimum Gasteiger partial charge on any atom is -0.379 e. The lowest BCUT2D eigenvalue weighted by molar-refractivity contribution is -0.148. The number of hydrogen-bond acceptors (Lipinski definition) is 12. The molecule has 0 spiro atoms. The van der Waals surface area contributed by atoms with E-state index in [1.165, 1.54) is 14.2 Å². The summed E-state index contributed by atoms with van der Waals surface area (Å²) in [7, 11) is 8.43. The van der Waals surface area contributed by atoms with E-state index >= 15 is 0 Å². The quantitative estimate of drug-likeness (QED) is 0.0207. The lowest BCUT2D eigenvalue weighted by Gasteiger charge is -2.41. The molecule has 23 nitrogen and oxygen atoms in total. The number of ether oxygens (including phenoxy) is 2. The minimum absolute atomic E-state index is 0.00121. The zero-order valence-electron chi connectivity index (χ0n) is 58.3. The summed E-state index contributed by atoms with van der Waals surface area (Å²) in [4.78, 5) is 129. The first-order chi connectivity index (χ1) is 45.1. The van der Waals surface area contributed by atoms with Crippen molar-refractivity contribution in [2.45, 2.75) is 194 Å². The second-order valence-electron chi connectivity index (χ2n) is 26.5. The lowest BCUT2D eigenvalue weighted by Crippen LogP contribution is -2.59. The number of fused-ring (bicyclic) bond motifs is 1. The standard InChI is InChI=1S/C71H107ClN12O11/c1-15-46(8)63(82(12)70(92)61(44(4)5)80-69(91)62(45(6)7)81(10)11)57(94-13)41-59(86)84-38-22-29-56(84)64(95-14)47(9)65(87)78-54(40-48-24-17-16-18-25-48)66(88)75-42-49-31-33-50(34-32-49)76-67(89)53(27-19-20-36-74-71(73)93)77-68(90)60(43(2)3)79-58(85)30-23-37-83-39-35-51-52(72)26-21-28-55(51)83/h16-18,21,24-26,28,31-35,39,43-47,53-54,56-57,60-64H,15,19-20,22-23,27,29-30,36-38,40-42H2,1-14H3,(H,75,88)(H,76,89)(H,77,90)(H,78,87)(H,79,85)(H,80,91)(H3,73,74,93)/t46-,47+,53-,54-,56-,57+,60-,61-,62-,63-,64+/m0/s1. The molecular formula is C71H107ClN12O11. The van der Waals surface area contributed by atoms with E-state index in [1.807, 2.05) is 140 Å². The van der Waals surface area contributed by atoms with Crippen LogP contribution in [-0.4, -0.2) is 176 Å². The van der Waals surface area contributed by atoms with E-state index in [0.29, 0.717) is 67.9 Å². The Balaban J connectivity index is 1.23. The number of hydrogen-bond donors (Lipinski definition) is 8. The highest BCUT2D eigenvalue weighted by atomic mass is 35.5. The minimum atomic E-state index is -1.02. The van der Waals surface area contributed by atoms with Crippen LogP contribution in [0, 0.1) is 29.6 Å². The summed E-state index contributed by atoms with van der Waals surface area (Å²) < 4.78 is 14.2. The van der Waals surface area contributed by atoms with E-state index in [1.54, 1.807) is 48.0 Å². The Labute approximate surface area is 567 Å². The van der Waals surface area contributed by atoms with Crippen molar-refractivity contribution in [3.63, 3.8) is 0 Å². The molecule has 1 aliphatic heterocycles. The van der Waals surface area contributed by atoms with Gasteiger partial charge in [-0.25, -0.2) is 4.79 Å². The van der Waals surface area contributed by atoms with Crippen LogP contribution in [0.25, 0.3) is 10.9 Å². The number of primary amides is 1. The fraction of sp³-hybridized carbons (Fsp3) is 0.592. The van der Waals surface area contributed by atoms with E-state index in [0.717, 1.165) is 16.5 Å². The van der Waals surface area contributed by atoms with Crippen LogP contribution in [0.5, 0.6) is 0 Å². The number of urea groups is 1. The van der Waals surface area contributed by atoms with Crippen LogP contribution in [0.4, 0.5) is 10.5 Å². The Morgan fingerprint density at radius 3 is 1.97 bits per heavy atom. The maximum Gasteiger partial charge on any atom is 0.312 e. The first-order valence-corrected chi connectivity index (χ1v) is 34.0. The SMILES string of the molecule is CC[C@H](C)[C@@H]([C@@H](CC(=O)N1CCC[C@H]1[C@H](OC)[C@@H](C)C(=O)N[C@@H](Cc1ccccc1)C(=O)NCc1ccc(NC(=O)[C@H](CCCCNC(N)=O)NC(=O)[C@@H](NC(=O)CCCn2ccc3c(Cl)cccc32)C(C)C)cc1)OC)N(C)C(=O)[C@@H](NC(=O)[C@H](C(C)C)N(C)C)C(C)C. The van der Waals surface area contributed by atoms with E-state index in [4.69, 9.17) is 26.8 Å². The fourth-order valence-electron chi connectivity index (χ4n) is 12.8. The van der Waals surface area contributed by atoms with Gasteiger partial charge in [0.15, 0.2) is 0 Å². The molecule has 1 aliphatic rings. The molecule has 10 amide bonds. The lowest BCUT2D eigenvalue weighted by atomic mass is 9.89. The molecule has 1 saturated heterocycles. The van der Waals surface area contributed by atoms with Crippen LogP contribution in [0.2, 0.25) is 5.02 Å². The number of methoxy groups -OCH3 is 2. The summed E-state index contributed by atoms with van der Waals surface area (Å²) in [6, 6.07) is 17.8. The Morgan fingerprint density at radius 1 is 0.684 bits per heavy atom. The maximum absolute atomic E-state index is 14.6. The van der Waals surface area contributed by atoms with Crippen LogP contribution in [-0.2, 0) is 67.3 Å². The summed E-state index contributed by atoms with van der Waals surface area (Å²) >= 11 is 6.36. The van der Waals surface area contributed by atoms with Gasteiger partial charge in [-0.05, 0) is 118 Å². The number of halogens is 1. The molecule has 0 bridgehead atoms. The number of carbonyl (C=O) groups is 9. The van der Waals surface area contributed by atoms with Gasteiger partial charge in [0, 0.05) is 88.1 Å². The highest BCUT2D eigenvalue weighted by Crippen LogP contribution is 2.31. The number of nitrogens with zero attached hydrogens (tertiary/aromatic N) is 4. The molecule has 1 aromatic heterocycles. The third kappa shape index (κ3) is 22.8. The van der Waals surface area contributed by atoms with Crippen molar-refractivity contribution in [3.8, 4) is 0 Å². The molecule has 11 atom stereocenters. The number of aryl methyl sites for hydroxylation is 1. The third-order valence-electron chi connectivity index (χ3n) is 18.2. The van der Waals surface area contributed by atoms with Gasteiger partial charge >= 0.3 is 6.03 Å². The van der Waals surface area contributed by atoms with Crippen molar-refractivity contribution in [1.29, 1.82) is 0 Å². The second-order valence-corrected chi connectivity index (χ2v) is 27.0. The van der Waals surface area contributed by atoms with Gasteiger partial charge in [0.05, 0.1) is 42.7 Å². The van der Waals surface area contributed by atoms with E-state index < -0.39 is 90.1 Å². The van der Waals surface area contributed by atoms with Gasteiger partial charge < -0.3 is 66.8 Å². The second kappa shape index (κ2) is 38.2. The number of benzene rings is 3. The number of carbonyl (C=O) groups excluding carboxylic acids is 9. The van der Waals surface area contributed by atoms with Crippen molar-refractivity contribution >= 4 is 81.5 Å². The summed E-state index contributed by atoms with van der Waals surface area (Å²) in [5.74, 6) is -4.44. The van der Waals surface area contributed by atoms with Gasteiger partial charge in [-0.15, -0.1) is 0 Å². The number of nitrogens with two attached hydrogens (primary N) is 1. The van der Waals surface area contributed by atoms with Crippen LogP contribution < -0.4 is 43.0 Å². The summed E-state index contributed by atoms with van der Waals surface area (Å²) in [6.07, 6.45) is 4.25. The molecule has 2 heterocycles. The molecule has 5 rings (SSSR count). The van der Waals surface area contributed by atoms with E-state index in [-0.39, 0.29) is 86.1 Å². The van der Waals surface area contributed by atoms with Crippen LogP contribution in [0.1, 0.15) is 131 Å². The molecule has 9 N–H and O–H groups in total. The summed E-state index contributed by atoms with van der Waals surface area (Å²) in [5, 5.41) is 21.8. The average molecular weight is 1340 g/mol.